The maximum absolute atomic E-state index is 14.4. The number of nitrogens with zero attached hydrogens (tertiary/aromatic N) is 3. The van der Waals surface area contributed by atoms with E-state index in [-0.39, 0.29) is 21.5 Å². The Bertz CT molecular complexity index is 1280. The third-order valence-electron chi connectivity index (χ3n) is 4.39. The monoisotopic (exact) mass is 381 g/mol. The molecule has 0 saturated heterocycles. The van der Waals surface area contributed by atoms with Gasteiger partial charge in [-0.2, -0.15) is 0 Å². The van der Waals surface area contributed by atoms with E-state index in [2.05, 4.69) is 4.98 Å². The summed E-state index contributed by atoms with van der Waals surface area (Å²) in [6.45, 7) is 1.47. The molecule has 4 rings (SSSR count). The second-order valence-electron chi connectivity index (χ2n) is 6.00. The molecule has 0 radical (unpaired) electrons. The summed E-state index contributed by atoms with van der Waals surface area (Å²) in [5.41, 5.74) is -0.0388. The largest absolute Gasteiger partial charge is 0.340 e. The van der Waals surface area contributed by atoms with Crippen molar-refractivity contribution in [2.45, 2.75) is 6.92 Å². The van der Waals surface area contributed by atoms with Crippen molar-refractivity contribution in [3.8, 4) is 11.4 Å². The van der Waals surface area contributed by atoms with Gasteiger partial charge in [-0.15, -0.1) is 0 Å². The molecule has 0 N–H and O–H groups in total. The third kappa shape index (κ3) is 2.65. The summed E-state index contributed by atoms with van der Waals surface area (Å²) in [7, 11) is 0. The van der Waals surface area contributed by atoms with E-state index in [4.69, 9.17) is 11.6 Å². The van der Waals surface area contributed by atoms with Crippen molar-refractivity contribution in [1.29, 1.82) is 0 Å². The molecule has 2 aromatic heterocycles. The van der Waals surface area contributed by atoms with Gasteiger partial charge < -0.3 is 0 Å². The zero-order valence-electron chi connectivity index (χ0n) is 14.2. The molecule has 0 spiro atoms. The highest BCUT2D eigenvalue weighted by molar-refractivity contribution is 6.31. The molecule has 134 valence electrons. The van der Waals surface area contributed by atoms with Crippen LogP contribution in [0.3, 0.4) is 0 Å². The van der Waals surface area contributed by atoms with Gasteiger partial charge in [0.25, 0.3) is 5.56 Å². The molecule has 0 aliphatic rings. The fraction of sp³-hybridized carbons (Fsp3) is 0.0500. The molecule has 5 nitrogen and oxygen atoms in total. The van der Waals surface area contributed by atoms with Gasteiger partial charge in [-0.1, -0.05) is 29.8 Å². The molecule has 4 aromatic rings. The van der Waals surface area contributed by atoms with Crippen LogP contribution >= 0.6 is 11.6 Å². The zero-order valence-corrected chi connectivity index (χ0v) is 14.9. The van der Waals surface area contributed by atoms with E-state index in [1.54, 1.807) is 36.4 Å². The Morgan fingerprint density at radius 2 is 1.70 bits per heavy atom. The van der Waals surface area contributed by atoms with Crippen LogP contribution in [0.2, 0.25) is 5.02 Å². The van der Waals surface area contributed by atoms with Crippen LogP contribution < -0.4 is 11.2 Å². The Balaban J connectivity index is 2.29. The van der Waals surface area contributed by atoms with Gasteiger partial charge in [0, 0.05) is 11.8 Å². The Kier molecular flexibility index (Phi) is 4.12. The summed E-state index contributed by atoms with van der Waals surface area (Å²) < 4.78 is 16.8. The number of benzene rings is 2. The molecule has 7 heteroatoms. The first-order valence-corrected chi connectivity index (χ1v) is 8.50. The molecule has 0 aliphatic heterocycles. The van der Waals surface area contributed by atoms with Crippen molar-refractivity contribution in [3.63, 3.8) is 0 Å². The number of hydrogen-bond donors (Lipinski definition) is 0. The lowest BCUT2D eigenvalue weighted by atomic mass is 10.1. The number of aromatic nitrogens is 3. The normalized spacial score (nSPS) is 11.1. The van der Waals surface area contributed by atoms with Crippen LogP contribution in [0.1, 0.15) is 5.56 Å². The van der Waals surface area contributed by atoms with Gasteiger partial charge in [0.2, 0.25) is 0 Å². The Labute approximate surface area is 157 Å². The summed E-state index contributed by atoms with van der Waals surface area (Å²) in [6, 6.07) is 13.3. The highest BCUT2D eigenvalue weighted by atomic mass is 35.5. The molecule has 2 aromatic carbocycles. The van der Waals surface area contributed by atoms with Crippen LogP contribution in [0.25, 0.3) is 22.3 Å². The van der Waals surface area contributed by atoms with E-state index in [1.807, 2.05) is 6.07 Å². The fourth-order valence-electron chi connectivity index (χ4n) is 3.12. The van der Waals surface area contributed by atoms with Crippen molar-refractivity contribution in [2.24, 2.45) is 0 Å². The van der Waals surface area contributed by atoms with Crippen LogP contribution in [0.5, 0.6) is 0 Å². The molecule has 0 fully saturated rings. The number of halogens is 2. The van der Waals surface area contributed by atoms with Crippen molar-refractivity contribution in [3.05, 3.63) is 98.2 Å². The Morgan fingerprint density at radius 3 is 2.37 bits per heavy atom. The number of para-hydroxylation sites is 1. The molecule has 0 amide bonds. The van der Waals surface area contributed by atoms with E-state index >= 15 is 0 Å². The van der Waals surface area contributed by atoms with E-state index < -0.39 is 17.1 Å². The lowest BCUT2D eigenvalue weighted by molar-refractivity contribution is 0.620. The standard InChI is InChI=1S/C20H13ClFN3O2/c1-12-17-16(10-15(21)18(12)22)24(13-6-3-2-4-7-13)20(27)25(19(17)26)14-8-5-9-23-11-14/h2-11H,1H3. The third-order valence-corrected chi connectivity index (χ3v) is 4.67. The first-order chi connectivity index (χ1) is 13.0. The lowest BCUT2D eigenvalue weighted by Crippen LogP contribution is -2.38. The highest BCUT2D eigenvalue weighted by Gasteiger charge is 2.20. The maximum atomic E-state index is 14.4. The van der Waals surface area contributed by atoms with Crippen LogP contribution in [0, 0.1) is 12.7 Å². The number of fused-ring (bicyclic) bond motifs is 1. The van der Waals surface area contributed by atoms with Gasteiger partial charge in [-0.05, 0) is 37.3 Å². The topological polar surface area (TPSA) is 56.9 Å². The first-order valence-electron chi connectivity index (χ1n) is 8.13. The minimum absolute atomic E-state index is 0.0872. The van der Waals surface area contributed by atoms with Crippen LogP contribution in [-0.4, -0.2) is 14.1 Å². The van der Waals surface area contributed by atoms with Crippen LogP contribution in [0.15, 0.2) is 70.5 Å². The van der Waals surface area contributed by atoms with Gasteiger partial charge in [0.1, 0.15) is 5.82 Å². The van der Waals surface area contributed by atoms with Gasteiger partial charge in [0.15, 0.2) is 0 Å². The molecule has 0 bridgehead atoms. The maximum Gasteiger partial charge on any atom is 0.340 e. The minimum Gasteiger partial charge on any atom is -0.268 e. The van der Waals surface area contributed by atoms with E-state index in [0.717, 1.165) is 4.57 Å². The molecule has 0 saturated carbocycles. The van der Waals surface area contributed by atoms with E-state index in [9.17, 15) is 14.0 Å². The van der Waals surface area contributed by atoms with Crippen molar-refractivity contribution in [2.75, 3.05) is 0 Å². The summed E-state index contributed by atoms with van der Waals surface area (Å²) in [5, 5.41) is -0.0631. The molecular weight excluding hydrogens is 369 g/mol. The van der Waals surface area contributed by atoms with Gasteiger partial charge in [0.05, 0.1) is 33.5 Å². The molecule has 0 unspecified atom stereocenters. The predicted octanol–water partition coefficient (Wildman–Crippen LogP) is 3.64. The van der Waals surface area contributed by atoms with Crippen molar-refractivity contribution < 1.29 is 4.39 Å². The summed E-state index contributed by atoms with van der Waals surface area (Å²) in [5.74, 6) is -0.683. The van der Waals surface area contributed by atoms with Crippen molar-refractivity contribution in [1.82, 2.24) is 14.1 Å². The minimum atomic E-state index is -0.683. The Morgan fingerprint density at radius 1 is 1.00 bits per heavy atom. The second-order valence-corrected chi connectivity index (χ2v) is 6.40. The zero-order chi connectivity index (χ0) is 19.1. The van der Waals surface area contributed by atoms with E-state index in [0.29, 0.717) is 11.4 Å². The summed E-state index contributed by atoms with van der Waals surface area (Å²) in [4.78, 5) is 30.4. The smallest absolute Gasteiger partial charge is 0.268 e. The SMILES string of the molecule is Cc1c(F)c(Cl)cc2c1c(=O)n(-c1cccnc1)c(=O)n2-c1ccccc1. The van der Waals surface area contributed by atoms with Gasteiger partial charge in [-0.25, -0.2) is 13.8 Å². The summed E-state index contributed by atoms with van der Waals surface area (Å²) >= 11 is 6.00. The fourth-order valence-corrected chi connectivity index (χ4v) is 3.37. The molecule has 0 atom stereocenters. The van der Waals surface area contributed by atoms with E-state index in [1.165, 1.54) is 30.0 Å². The quantitative estimate of drug-likeness (QED) is 0.532. The first kappa shape index (κ1) is 17.2. The number of rotatable bonds is 2. The highest BCUT2D eigenvalue weighted by Crippen LogP contribution is 2.26. The predicted molar refractivity (Wildman–Crippen MR) is 103 cm³/mol. The molecule has 2 heterocycles. The average molecular weight is 382 g/mol. The molecular formula is C20H13ClFN3O2. The number of aryl methyl sites for hydroxylation is 1. The van der Waals surface area contributed by atoms with Gasteiger partial charge in [-0.3, -0.25) is 14.3 Å². The number of pyridine rings is 1. The van der Waals surface area contributed by atoms with Crippen LogP contribution in [0.4, 0.5) is 4.39 Å². The van der Waals surface area contributed by atoms with Crippen LogP contribution in [-0.2, 0) is 0 Å². The molecule has 0 aliphatic carbocycles. The number of hydrogen-bond acceptors (Lipinski definition) is 3. The summed E-state index contributed by atoms with van der Waals surface area (Å²) in [6.07, 6.45) is 2.95. The molecule has 27 heavy (non-hydrogen) atoms. The Hall–Kier alpha value is -3.25. The average Bonchev–Trinajstić information content (AvgIpc) is 2.68. The second kappa shape index (κ2) is 6.48. The van der Waals surface area contributed by atoms with Gasteiger partial charge >= 0.3 is 5.69 Å². The lowest BCUT2D eigenvalue weighted by Gasteiger charge is -2.16. The van der Waals surface area contributed by atoms with Crippen molar-refractivity contribution >= 4 is 22.5 Å².